The van der Waals surface area contributed by atoms with Crippen LogP contribution in [0.5, 0.6) is 11.5 Å². The van der Waals surface area contributed by atoms with Gasteiger partial charge in [0.05, 0.1) is 19.8 Å². The Morgan fingerprint density at radius 3 is 2.46 bits per heavy atom. The fourth-order valence-corrected chi connectivity index (χ4v) is 4.96. The Labute approximate surface area is 217 Å². The Kier molecular flexibility index (Phi) is 7.57. The quantitative estimate of drug-likeness (QED) is 0.338. The molecule has 37 heavy (non-hydrogen) atoms. The molecule has 190 valence electrons. The molecule has 5 rings (SSSR count). The minimum Gasteiger partial charge on any atom is -0.530 e. The number of rotatable bonds is 8. The van der Waals surface area contributed by atoms with E-state index in [-0.39, 0.29) is 18.6 Å². The highest BCUT2D eigenvalue weighted by molar-refractivity contribution is 5.82. The number of likely N-dealkylation sites (tertiary alicyclic amines) is 1. The molecule has 0 radical (unpaired) electrons. The summed E-state index contributed by atoms with van der Waals surface area (Å²) in [6, 6.07) is 30.4. The maximum Gasteiger partial charge on any atom is 0.137 e. The maximum absolute atomic E-state index is 11.5. The second-order valence-electron chi connectivity index (χ2n) is 9.31. The number of benzene rings is 4. The van der Waals surface area contributed by atoms with E-state index < -0.39 is 6.09 Å². The number of carbonyl (C=O) groups excluding carboxylic acids is 1. The first kappa shape index (κ1) is 24.7. The summed E-state index contributed by atoms with van der Waals surface area (Å²) in [5.41, 5.74) is 3.13. The first-order valence-electron chi connectivity index (χ1n) is 12.5. The number of fused-ring (bicyclic) bond motifs is 1. The number of hydrogen-bond acceptors (Lipinski definition) is 5. The highest BCUT2D eigenvalue weighted by Crippen LogP contribution is 2.33. The van der Waals surface area contributed by atoms with E-state index in [0.717, 1.165) is 28.2 Å². The highest BCUT2D eigenvalue weighted by Gasteiger charge is 2.31. The Balaban J connectivity index is 1.26. The van der Waals surface area contributed by atoms with Crippen LogP contribution in [0, 0.1) is 0 Å². The summed E-state index contributed by atoms with van der Waals surface area (Å²) in [6.45, 7) is 1.50. The average Bonchev–Trinajstić information content (AvgIpc) is 2.95. The van der Waals surface area contributed by atoms with Crippen LogP contribution in [0.15, 0.2) is 91.0 Å². The lowest BCUT2D eigenvalue weighted by Crippen LogP contribution is -2.51. The van der Waals surface area contributed by atoms with Crippen LogP contribution < -0.4 is 14.6 Å². The fraction of sp³-hybridized carbons (Fsp3) is 0.258. The summed E-state index contributed by atoms with van der Waals surface area (Å²) in [5, 5.41) is 14.0. The Morgan fingerprint density at radius 1 is 0.919 bits per heavy atom. The minimum absolute atomic E-state index is 0.0554. The third-order valence-electron chi connectivity index (χ3n) is 6.99. The lowest BCUT2D eigenvalue weighted by molar-refractivity contribution is -0.268. The van der Waals surface area contributed by atoms with Crippen molar-refractivity contribution in [1.29, 1.82) is 0 Å². The SMILES string of the molecule is COc1ccccc1COC1CN(C(=O)[O-])CCC1c1ccc(OCc2ccc3ccccc3c2)cc1. The number of ether oxygens (including phenoxy) is 3. The number of carbonyl (C=O) groups is 1. The van der Waals surface area contributed by atoms with Gasteiger partial charge < -0.3 is 29.0 Å². The minimum atomic E-state index is -1.17. The number of piperidine rings is 1. The Morgan fingerprint density at radius 2 is 1.68 bits per heavy atom. The van der Waals surface area contributed by atoms with Crippen molar-refractivity contribution in [3.8, 4) is 11.5 Å². The van der Waals surface area contributed by atoms with Gasteiger partial charge in [-0.25, -0.2) is 0 Å². The number of para-hydroxylation sites is 1. The molecule has 1 aliphatic rings. The van der Waals surface area contributed by atoms with Crippen molar-refractivity contribution in [2.24, 2.45) is 0 Å². The van der Waals surface area contributed by atoms with E-state index in [0.29, 0.717) is 26.2 Å². The van der Waals surface area contributed by atoms with Crippen molar-refractivity contribution in [3.05, 3.63) is 108 Å². The molecule has 4 aromatic rings. The molecule has 1 fully saturated rings. The summed E-state index contributed by atoms with van der Waals surface area (Å²) in [4.78, 5) is 12.9. The molecular weight excluding hydrogens is 466 g/mol. The lowest BCUT2D eigenvalue weighted by atomic mass is 9.87. The molecular formula is C31H30NO5-. The van der Waals surface area contributed by atoms with Crippen LogP contribution in [0.1, 0.15) is 29.0 Å². The van der Waals surface area contributed by atoms with Crippen LogP contribution in [-0.4, -0.2) is 37.3 Å². The second kappa shape index (κ2) is 11.4. The predicted molar refractivity (Wildman–Crippen MR) is 141 cm³/mol. The molecule has 0 saturated carbocycles. The van der Waals surface area contributed by atoms with Crippen molar-refractivity contribution in [3.63, 3.8) is 0 Å². The van der Waals surface area contributed by atoms with Gasteiger partial charge >= 0.3 is 0 Å². The van der Waals surface area contributed by atoms with Gasteiger partial charge in [-0.1, -0.05) is 66.7 Å². The fourth-order valence-electron chi connectivity index (χ4n) is 4.96. The van der Waals surface area contributed by atoms with Gasteiger partial charge in [0.1, 0.15) is 24.2 Å². The summed E-state index contributed by atoms with van der Waals surface area (Å²) in [7, 11) is 1.63. The van der Waals surface area contributed by atoms with Crippen molar-refractivity contribution in [2.45, 2.75) is 31.7 Å². The standard InChI is InChI=1S/C31H31NO5/c1-35-29-9-5-4-8-26(29)21-37-30-19-32(31(33)34)17-16-28(30)24-12-14-27(15-13-24)36-20-22-10-11-23-6-2-3-7-25(23)18-22/h2-15,18,28,30H,16-17,19-21H2,1H3,(H,33,34)/p-1. The van der Waals surface area contributed by atoms with Gasteiger partial charge in [0.25, 0.3) is 0 Å². The molecule has 1 amide bonds. The maximum atomic E-state index is 11.5. The lowest BCUT2D eigenvalue weighted by Gasteiger charge is -2.40. The largest absolute Gasteiger partial charge is 0.530 e. The van der Waals surface area contributed by atoms with Crippen LogP contribution in [0.4, 0.5) is 4.79 Å². The summed E-state index contributed by atoms with van der Waals surface area (Å²) >= 11 is 0. The number of carboxylic acid groups (broad SMARTS) is 1. The number of methoxy groups -OCH3 is 1. The van der Waals surface area contributed by atoms with Gasteiger partial charge in [-0.3, -0.25) is 0 Å². The molecule has 1 aliphatic heterocycles. The van der Waals surface area contributed by atoms with Gasteiger partial charge in [-0.15, -0.1) is 0 Å². The van der Waals surface area contributed by atoms with Crippen LogP contribution in [0.25, 0.3) is 10.8 Å². The van der Waals surface area contributed by atoms with Crippen molar-refractivity contribution in [1.82, 2.24) is 4.90 Å². The zero-order valence-electron chi connectivity index (χ0n) is 20.8. The molecule has 0 aromatic heterocycles. The number of nitrogens with zero attached hydrogens (tertiary/aromatic N) is 1. The van der Waals surface area contributed by atoms with E-state index in [1.807, 2.05) is 48.5 Å². The number of hydrogen-bond donors (Lipinski definition) is 0. The zero-order valence-corrected chi connectivity index (χ0v) is 20.8. The van der Waals surface area contributed by atoms with Crippen LogP contribution >= 0.6 is 0 Å². The number of amides is 1. The molecule has 0 N–H and O–H groups in total. The molecule has 0 bridgehead atoms. The van der Waals surface area contributed by atoms with Gasteiger partial charge in [-0.2, -0.15) is 0 Å². The predicted octanol–water partition coefficient (Wildman–Crippen LogP) is 5.15. The summed E-state index contributed by atoms with van der Waals surface area (Å²) in [6.07, 6.45) is -0.815. The van der Waals surface area contributed by atoms with Crippen molar-refractivity contribution in [2.75, 3.05) is 20.2 Å². The molecule has 0 spiro atoms. The van der Waals surface area contributed by atoms with E-state index >= 15 is 0 Å². The summed E-state index contributed by atoms with van der Waals surface area (Å²) < 4.78 is 17.8. The van der Waals surface area contributed by atoms with E-state index in [9.17, 15) is 9.90 Å². The molecule has 1 saturated heterocycles. The first-order chi connectivity index (χ1) is 18.1. The second-order valence-corrected chi connectivity index (χ2v) is 9.31. The van der Waals surface area contributed by atoms with Gasteiger partial charge in [0.2, 0.25) is 0 Å². The molecule has 6 nitrogen and oxygen atoms in total. The van der Waals surface area contributed by atoms with E-state index in [4.69, 9.17) is 14.2 Å². The molecule has 2 unspecified atom stereocenters. The van der Waals surface area contributed by atoms with Gasteiger partial charge in [0.15, 0.2) is 0 Å². The summed E-state index contributed by atoms with van der Waals surface area (Å²) in [5.74, 6) is 1.59. The Bertz CT molecular complexity index is 1350. The molecule has 2 atom stereocenters. The zero-order chi connectivity index (χ0) is 25.6. The van der Waals surface area contributed by atoms with Crippen LogP contribution in [0.3, 0.4) is 0 Å². The topological polar surface area (TPSA) is 71.1 Å². The third-order valence-corrected chi connectivity index (χ3v) is 6.99. The smallest absolute Gasteiger partial charge is 0.137 e. The van der Waals surface area contributed by atoms with E-state index in [1.165, 1.54) is 15.7 Å². The normalized spacial score (nSPS) is 17.5. The van der Waals surface area contributed by atoms with Gasteiger partial charge in [0, 0.05) is 24.6 Å². The van der Waals surface area contributed by atoms with Crippen molar-refractivity contribution >= 4 is 16.9 Å². The molecule has 1 heterocycles. The Hall–Kier alpha value is -4.03. The van der Waals surface area contributed by atoms with Gasteiger partial charge in [-0.05, 0) is 52.6 Å². The highest BCUT2D eigenvalue weighted by atomic mass is 16.5. The average molecular weight is 497 g/mol. The molecule has 4 aromatic carbocycles. The molecule has 0 aliphatic carbocycles. The van der Waals surface area contributed by atoms with E-state index in [2.05, 4.69) is 42.5 Å². The monoisotopic (exact) mass is 496 g/mol. The van der Waals surface area contributed by atoms with E-state index in [1.54, 1.807) is 7.11 Å². The van der Waals surface area contributed by atoms with Crippen LogP contribution in [-0.2, 0) is 18.0 Å². The van der Waals surface area contributed by atoms with Crippen LogP contribution in [0.2, 0.25) is 0 Å². The van der Waals surface area contributed by atoms with Crippen molar-refractivity contribution < 1.29 is 24.1 Å². The molecule has 6 heteroatoms. The first-order valence-corrected chi connectivity index (χ1v) is 12.5. The third kappa shape index (κ3) is 5.87.